The molecule has 0 aromatic heterocycles. The molecule has 0 spiro atoms. The normalized spacial score (nSPS) is 22.8. The van der Waals surface area contributed by atoms with Crippen LogP contribution in [0.4, 0.5) is 5.69 Å². The molecule has 1 aromatic rings. The van der Waals surface area contributed by atoms with Gasteiger partial charge in [-0.2, -0.15) is 0 Å². The van der Waals surface area contributed by atoms with Crippen LogP contribution in [0.25, 0.3) is 0 Å². The molecule has 1 aliphatic carbocycles. The van der Waals surface area contributed by atoms with Gasteiger partial charge in [0.15, 0.2) is 9.84 Å². The maximum Gasteiger partial charge on any atom is 0.178 e. The zero-order valence-electron chi connectivity index (χ0n) is 11.3. The van der Waals surface area contributed by atoms with E-state index in [1.54, 1.807) is 12.1 Å². The van der Waals surface area contributed by atoms with Crippen LogP contribution in [0.2, 0.25) is 0 Å². The third kappa shape index (κ3) is 3.70. The van der Waals surface area contributed by atoms with Gasteiger partial charge in [0.25, 0.3) is 0 Å². The van der Waals surface area contributed by atoms with E-state index in [0.717, 1.165) is 25.1 Å². The smallest absolute Gasteiger partial charge is 0.178 e. The molecule has 0 radical (unpaired) electrons. The molecule has 3 N–H and O–H groups in total. The van der Waals surface area contributed by atoms with E-state index in [2.05, 4.69) is 5.32 Å². The van der Waals surface area contributed by atoms with Crippen molar-refractivity contribution in [1.82, 2.24) is 0 Å². The Morgan fingerprint density at radius 1 is 1.26 bits per heavy atom. The van der Waals surface area contributed by atoms with Crippen LogP contribution >= 0.6 is 0 Å². The van der Waals surface area contributed by atoms with Crippen LogP contribution in [-0.2, 0) is 9.84 Å². The Labute approximate surface area is 115 Å². The largest absolute Gasteiger partial charge is 0.385 e. The van der Waals surface area contributed by atoms with Crippen molar-refractivity contribution in [2.24, 2.45) is 11.7 Å². The molecule has 0 amide bonds. The summed E-state index contributed by atoms with van der Waals surface area (Å²) in [4.78, 5) is 0.408. The maximum absolute atomic E-state index is 11.9. The molecule has 5 heteroatoms. The second-order valence-electron chi connectivity index (χ2n) is 5.32. The van der Waals surface area contributed by atoms with E-state index in [1.165, 1.54) is 0 Å². The van der Waals surface area contributed by atoms with Gasteiger partial charge in [-0.25, -0.2) is 8.42 Å². The zero-order chi connectivity index (χ0) is 13.9. The fraction of sp³-hybridized carbons (Fsp3) is 0.571. The molecule has 4 nitrogen and oxygen atoms in total. The van der Waals surface area contributed by atoms with Gasteiger partial charge in [-0.1, -0.05) is 6.92 Å². The average Bonchev–Trinajstić information content (AvgIpc) is 2.34. The molecule has 19 heavy (non-hydrogen) atoms. The highest BCUT2D eigenvalue weighted by Crippen LogP contribution is 2.26. The first-order valence-electron chi connectivity index (χ1n) is 6.83. The maximum atomic E-state index is 11.9. The van der Waals surface area contributed by atoms with Gasteiger partial charge in [0.05, 0.1) is 10.6 Å². The van der Waals surface area contributed by atoms with E-state index >= 15 is 0 Å². The number of nitrogens with one attached hydrogen (secondary N) is 1. The van der Waals surface area contributed by atoms with Crippen molar-refractivity contribution in [1.29, 1.82) is 0 Å². The number of hydrogen-bond acceptors (Lipinski definition) is 4. The molecule has 1 aliphatic rings. The predicted octanol–water partition coefficient (Wildman–Crippen LogP) is 2.02. The topological polar surface area (TPSA) is 72.2 Å². The summed E-state index contributed by atoms with van der Waals surface area (Å²) in [5.41, 5.74) is 6.71. The SMILES string of the molecule is CCCS(=O)(=O)c1ccc(NCC2CC(N)C2)cc1. The Balaban J connectivity index is 1.91. The molecule has 1 aromatic carbocycles. The van der Waals surface area contributed by atoms with Crippen molar-refractivity contribution >= 4 is 15.5 Å². The van der Waals surface area contributed by atoms with E-state index in [-0.39, 0.29) is 5.75 Å². The molecule has 1 fully saturated rings. The highest BCUT2D eigenvalue weighted by atomic mass is 32.2. The molecule has 0 heterocycles. The van der Waals surface area contributed by atoms with Gasteiger partial charge < -0.3 is 11.1 Å². The third-order valence-electron chi connectivity index (χ3n) is 3.55. The number of hydrogen-bond donors (Lipinski definition) is 2. The number of nitrogens with two attached hydrogens (primary N) is 1. The van der Waals surface area contributed by atoms with Crippen molar-refractivity contribution < 1.29 is 8.42 Å². The van der Waals surface area contributed by atoms with Crippen molar-refractivity contribution in [2.75, 3.05) is 17.6 Å². The minimum absolute atomic E-state index is 0.208. The van der Waals surface area contributed by atoms with Crippen molar-refractivity contribution in [3.63, 3.8) is 0 Å². The summed E-state index contributed by atoms with van der Waals surface area (Å²) in [7, 11) is -3.10. The van der Waals surface area contributed by atoms with Crippen LogP contribution in [0, 0.1) is 5.92 Å². The summed E-state index contributed by atoms with van der Waals surface area (Å²) in [5, 5.41) is 3.33. The second-order valence-corrected chi connectivity index (χ2v) is 7.43. The van der Waals surface area contributed by atoms with E-state index in [9.17, 15) is 8.42 Å². The Hall–Kier alpha value is -1.07. The van der Waals surface area contributed by atoms with Crippen LogP contribution < -0.4 is 11.1 Å². The Morgan fingerprint density at radius 3 is 2.42 bits per heavy atom. The van der Waals surface area contributed by atoms with Crippen LogP contribution in [-0.4, -0.2) is 26.8 Å². The van der Waals surface area contributed by atoms with Gasteiger partial charge in [0.1, 0.15) is 0 Å². The summed E-state index contributed by atoms with van der Waals surface area (Å²) < 4.78 is 23.7. The second kappa shape index (κ2) is 5.92. The van der Waals surface area contributed by atoms with Crippen molar-refractivity contribution in [3.05, 3.63) is 24.3 Å². The molecule has 0 aliphatic heterocycles. The molecule has 2 rings (SSSR count). The molecule has 0 bridgehead atoms. The summed E-state index contributed by atoms with van der Waals surface area (Å²) in [5.74, 6) is 0.859. The fourth-order valence-electron chi connectivity index (χ4n) is 2.38. The number of benzene rings is 1. The zero-order valence-corrected chi connectivity index (χ0v) is 12.1. The Kier molecular flexibility index (Phi) is 4.47. The van der Waals surface area contributed by atoms with E-state index < -0.39 is 9.84 Å². The first-order chi connectivity index (χ1) is 9.01. The molecule has 1 saturated carbocycles. The van der Waals surface area contributed by atoms with Gasteiger partial charge in [-0.3, -0.25) is 0 Å². The summed E-state index contributed by atoms with van der Waals surface area (Å²) in [6.45, 7) is 2.78. The van der Waals surface area contributed by atoms with Gasteiger partial charge in [-0.05, 0) is 49.4 Å². The lowest BCUT2D eigenvalue weighted by Gasteiger charge is -2.32. The first-order valence-corrected chi connectivity index (χ1v) is 8.49. The molecule has 0 atom stereocenters. The molecular formula is C14H22N2O2S. The number of anilines is 1. The van der Waals surface area contributed by atoms with E-state index in [4.69, 9.17) is 5.73 Å². The number of rotatable bonds is 6. The summed E-state index contributed by atoms with van der Waals surface area (Å²) in [6, 6.07) is 7.40. The lowest BCUT2D eigenvalue weighted by molar-refractivity contribution is 0.280. The molecule has 0 saturated heterocycles. The van der Waals surface area contributed by atoms with Crippen molar-refractivity contribution in [2.45, 2.75) is 37.1 Å². The van der Waals surface area contributed by atoms with Gasteiger partial charge >= 0.3 is 0 Å². The predicted molar refractivity (Wildman–Crippen MR) is 78.0 cm³/mol. The summed E-state index contributed by atoms with van der Waals surface area (Å²) >= 11 is 0. The van der Waals surface area contributed by atoms with Crippen LogP contribution in [0.15, 0.2) is 29.2 Å². The van der Waals surface area contributed by atoms with E-state index in [1.807, 2.05) is 19.1 Å². The molecule has 106 valence electrons. The van der Waals surface area contributed by atoms with Gasteiger partial charge in [0, 0.05) is 18.3 Å². The van der Waals surface area contributed by atoms with E-state index in [0.29, 0.717) is 23.3 Å². The fourth-order valence-corrected chi connectivity index (χ4v) is 3.71. The first kappa shape index (κ1) is 14.3. The monoisotopic (exact) mass is 282 g/mol. The highest BCUT2D eigenvalue weighted by molar-refractivity contribution is 7.91. The van der Waals surface area contributed by atoms with Crippen LogP contribution in [0.5, 0.6) is 0 Å². The molecule has 0 unspecified atom stereocenters. The lowest BCUT2D eigenvalue weighted by atomic mass is 9.81. The van der Waals surface area contributed by atoms with Gasteiger partial charge in [-0.15, -0.1) is 0 Å². The molecular weight excluding hydrogens is 260 g/mol. The Morgan fingerprint density at radius 2 is 1.89 bits per heavy atom. The third-order valence-corrected chi connectivity index (χ3v) is 5.49. The lowest BCUT2D eigenvalue weighted by Crippen LogP contribution is -2.39. The minimum atomic E-state index is -3.10. The quantitative estimate of drug-likeness (QED) is 0.837. The van der Waals surface area contributed by atoms with Gasteiger partial charge in [0.2, 0.25) is 0 Å². The number of sulfone groups is 1. The Bertz CT molecular complexity index is 505. The summed E-state index contributed by atoms with van der Waals surface area (Å²) in [6.07, 6.45) is 2.80. The average molecular weight is 282 g/mol. The van der Waals surface area contributed by atoms with Crippen LogP contribution in [0.3, 0.4) is 0 Å². The minimum Gasteiger partial charge on any atom is -0.385 e. The van der Waals surface area contributed by atoms with Crippen molar-refractivity contribution in [3.8, 4) is 0 Å². The van der Waals surface area contributed by atoms with Crippen LogP contribution in [0.1, 0.15) is 26.2 Å². The standard InChI is InChI=1S/C14H22N2O2S/c1-2-7-19(17,18)14-5-3-13(4-6-14)16-10-11-8-12(15)9-11/h3-6,11-12,16H,2,7-10,15H2,1H3. The highest BCUT2D eigenvalue weighted by Gasteiger charge is 2.25.